The molecule has 7 nitrogen and oxygen atoms in total. The van der Waals surface area contributed by atoms with E-state index in [0.29, 0.717) is 33.9 Å². The minimum atomic E-state index is -4.88. The third kappa shape index (κ3) is 8.39. The molecule has 0 aliphatic rings. The van der Waals surface area contributed by atoms with Crippen molar-refractivity contribution >= 4 is 50.7 Å². The van der Waals surface area contributed by atoms with E-state index in [1.165, 1.54) is 36.1 Å². The van der Waals surface area contributed by atoms with Crippen molar-refractivity contribution < 1.29 is 31.2 Å². The van der Waals surface area contributed by atoms with Crippen molar-refractivity contribution in [3.63, 3.8) is 0 Å². The summed E-state index contributed by atoms with van der Waals surface area (Å²) >= 11 is 11.8. The number of carbonyl (C=O) groups is 2. The Morgan fingerprint density at radius 2 is 1.62 bits per heavy atom. The maximum absolute atomic E-state index is 13.9. The summed E-state index contributed by atoms with van der Waals surface area (Å²) < 4.78 is 69.2. The highest BCUT2D eigenvalue weighted by atomic mass is 35.5. The zero-order valence-electron chi connectivity index (χ0n) is 22.9. The van der Waals surface area contributed by atoms with Gasteiger partial charge >= 0.3 is 6.18 Å². The van der Waals surface area contributed by atoms with Crippen LogP contribution in [0.3, 0.4) is 0 Å². The van der Waals surface area contributed by atoms with Crippen LogP contribution in [0.1, 0.15) is 37.8 Å². The summed E-state index contributed by atoms with van der Waals surface area (Å²) in [6.07, 6.45) is -3.34. The zero-order valence-corrected chi connectivity index (χ0v) is 25.2. The monoisotopic (exact) mass is 643 g/mol. The summed E-state index contributed by atoms with van der Waals surface area (Å²) in [6, 6.07) is 15.1. The van der Waals surface area contributed by atoms with Gasteiger partial charge in [-0.3, -0.25) is 13.9 Å². The number of anilines is 1. The lowest BCUT2D eigenvalue weighted by atomic mass is 10.1. The predicted molar refractivity (Wildman–Crippen MR) is 157 cm³/mol. The molecular weight excluding hydrogens is 614 g/mol. The molecule has 0 bridgehead atoms. The van der Waals surface area contributed by atoms with Gasteiger partial charge in [0.2, 0.25) is 11.8 Å². The number of rotatable bonds is 12. The third-order valence-corrected chi connectivity index (χ3v) is 8.79. The maximum Gasteiger partial charge on any atom is 0.417 e. The average molecular weight is 645 g/mol. The predicted octanol–water partition coefficient (Wildman–Crippen LogP) is 6.54. The molecule has 0 aliphatic carbocycles. The van der Waals surface area contributed by atoms with E-state index in [-0.39, 0.29) is 11.4 Å². The second-order valence-electron chi connectivity index (χ2n) is 9.46. The fourth-order valence-electron chi connectivity index (χ4n) is 4.04. The van der Waals surface area contributed by atoms with Gasteiger partial charge in [-0.15, -0.1) is 0 Å². The van der Waals surface area contributed by atoms with Crippen LogP contribution in [0.4, 0.5) is 18.9 Å². The van der Waals surface area contributed by atoms with E-state index in [0.717, 1.165) is 18.6 Å². The Morgan fingerprint density at radius 3 is 2.21 bits per heavy atom. The molecule has 0 radical (unpaired) electrons. The van der Waals surface area contributed by atoms with Crippen LogP contribution in [0.2, 0.25) is 10.0 Å². The highest BCUT2D eigenvalue weighted by Gasteiger charge is 2.37. The van der Waals surface area contributed by atoms with Crippen LogP contribution in [0.5, 0.6) is 0 Å². The molecule has 3 rings (SSSR count). The van der Waals surface area contributed by atoms with E-state index in [4.69, 9.17) is 23.2 Å². The lowest BCUT2D eigenvalue weighted by Crippen LogP contribution is -2.51. The Labute approximate surface area is 253 Å². The molecule has 0 aliphatic heterocycles. The first-order valence-electron chi connectivity index (χ1n) is 13.0. The van der Waals surface area contributed by atoms with Crippen molar-refractivity contribution in [1.29, 1.82) is 0 Å². The second kappa shape index (κ2) is 14.3. The summed E-state index contributed by atoms with van der Waals surface area (Å²) in [7, 11) is -4.54. The Hall–Kier alpha value is -3.28. The second-order valence-corrected chi connectivity index (χ2v) is 12.2. The standard InChI is InChI=1S/C29H30Cl2F3N3O4S/c1-3-4-16-35-28(39)20(2)36(18-21-10-12-22(30)13-11-21)27(38)19-37(42(40,41)24-8-6-5-7-9-24)23-14-15-26(31)25(17-23)29(32,33)34/h5-15,17,20H,3-4,16,18-19H2,1-2H3,(H,35,39)/t20-/m1/s1. The van der Waals surface area contributed by atoms with Gasteiger partial charge in [0.1, 0.15) is 12.6 Å². The number of nitrogens with zero attached hydrogens (tertiary/aromatic N) is 2. The van der Waals surface area contributed by atoms with Crippen molar-refractivity contribution in [2.45, 2.75) is 50.3 Å². The van der Waals surface area contributed by atoms with E-state index in [9.17, 15) is 31.2 Å². The molecule has 1 N–H and O–H groups in total. The number of amides is 2. The highest BCUT2D eigenvalue weighted by Crippen LogP contribution is 2.38. The molecule has 0 fully saturated rings. The van der Waals surface area contributed by atoms with Crippen LogP contribution >= 0.6 is 23.2 Å². The van der Waals surface area contributed by atoms with Crippen LogP contribution in [0.15, 0.2) is 77.7 Å². The summed E-state index contributed by atoms with van der Waals surface area (Å²) in [4.78, 5) is 27.8. The molecule has 0 unspecified atom stereocenters. The van der Waals surface area contributed by atoms with Crippen LogP contribution in [-0.2, 0) is 32.3 Å². The van der Waals surface area contributed by atoms with Gasteiger partial charge in [0.15, 0.2) is 0 Å². The van der Waals surface area contributed by atoms with E-state index in [1.807, 2.05) is 6.92 Å². The topological polar surface area (TPSA) is 86.8 Å². The average Bonchev–Trinajstić information content (AvgIpc) is 2.95. The summed E-state index contributed by atoms with van der Waals surface area (Å²) in [5.41, 5.74) is -1.08. The fourth-order valence-corrected chi connectivity index (χ4v) is 5.82. The molecule has 0 heterocycles. The highest BCUT2D eigenvalue weighted by molar-refractivity contribution is 7.92. The van der Waals surface area contributed by atoms with Gasteiger partial charge in [0.25, 0.3) is 10.0 Å². The largest absolute Gasteiger partial charge is 0.417 e. The minimum absolute atomic E-state index is 0.0913. The van der Waals surface area contributed by atoms with Gasteiger partial charge in [0.05, 0.1) is 21.2 Å². The molecule has 42 heavy (non-hydrogen) atoms. The lowest BCUT2D eigenvalue weighted by molar-refractivity contribution is -0.139. The number of unbranched alkanes of at least 4 members (excludes halogenated alkanes) is 1. The smallest absolute Gasteiger partial charge is 0.354 e. The van der Waals surface area contributed by atoms with Crippen molar-refractivity contribution in [2.75, 3.05) is 17.4 Å². The molecule has 0 saturated carbocycles. The van der Waals surface area contributed by atoms with Crippen LogP contribution in [-0.4, -0.2) is 44.3 Å². The molecule has 13 heteroatoms. The van der Waals surface area contributed by atoms with Crippen LogP contribution in [0, 0.1) is 0 Å². The number of halogens is 5. The molecule has 0 saturated heterocycles. The number of hydrogen-bond donors (Lipinski definition) is 1. The van der Waals surface area contributed by atoms with Crippen LogP contribution in [0.25, 0.3) is 0 Å². The maximum atomic E-state index is 13.9. The molecule has 3 aromatic rings. The van der Waals surface area contributed by atoms with Gasteiger partial charge in [0, 0.05) is 18.1 Å². The zero-order chi connectivity index (χ0) is 31.1. The Morgan fingerprint density at radius 1 is 0.976 bits per heavy atom. The summed E-state index contributed by atoms with van der Waals surface area (Å²) in [5, 5.41) is 2.58. The molecule has 226 valence electrons. The van der Waals surface area contributed by atoms with E-state index < -0.39 is 56.9 Å². The normalized spacial score (nSPS) is 12.5. The fraction of sp³-hybridized carbons (Fsp3) is 0.310. The van der Waals surface area contributed by atoms with Crippen molar-refractivity contribution in [3.8, 4) is 0 Å². The first kappa shape index (κ1) is 33.2. The van der Waals surface area contributed by atoms with Gasteiger partial charge in [-0.2, -0.15) is 13.2 Å². The number of hydrogen-bond acceptors (Lipinski definition) is 4. The van der Waals surface area contributed by atoms with Crippen LogP contribution < -0.4 is 9.62 Å². The number of alkyl halides is 3. The quantitative estimate of drug-likeness (QED) is 0.227. The number of carbonyl (C=O) groups excluding carboxylic acids is 2. The number of nitrogens with one attached hydrogen (secondary N) is 1. The molecule has 1 atom stereocenters. The lowest BCUT2D eigenvalue weighted by Gasteiger charge is -2.32. The van der Waals surface area contributed by atoms with Gasteiger partial charge < -0.3 is 10.2 Å². The number of benzene rings is 3. The third-order valence-electron chi connectivity index (χ3n) is 6.42. The molecule has 2 amide bonds. The molecule has 0 aromatic heterocycles. The van der Waals surface area contributed by atoms with E-state index in [2.05, 4.69) is 5.32 Å². The Kier molecular flexibility index (Phi) is 11.3. The molecular formula is C29H30Cl2F3N3O4S. The SMILES string of the molecule is CCCCNC(=O)[C@@H](C)N(Cc1ccc(Cl)cc1)C(=O)CN(c1ccc(Cl)c(C(F)(F)F)c1)S(=O)(=O)c1ccccc1. The van der Waals surface area contributed by atoms with E-state index in [1.54, 1.807) is 30.3 Å². The van der Waals surface area contributed by atoms with Gasteiger partial charge in [-0.25, -0.2) is 8.42 Å². The molecule has 0 spiro atoms. The van der Waals surface area contributed by atoms with Crippen molar-refractivity contribution in [3.05, 3.63) is 94.0 Å². The Balaban J connectivity index is 2.07. The first-order chi connectivity index (χ1) is 19.8. The minimum Gasteiger partial charge on any atom is -0.354 e. The first-order valence-corrected chi connectivity index (χ1v) is 15.2. The van der Waals surface area contributed by atoms with Crippen molar-refractivity contribution in [2.24, 2.45) is 0 Å². The van der Waals surface area contributed by atoms with Crippen molar-refractivity contribution in [1.82, 2.24) is 10.2 Å². The molecule has 3 aromatic carbocycles. The Bertz CT molecular complexity index is 1490. The van der Waals surface area contributed by atoms with Gasteiger partial charge in [-0.1, -0.05) is 66.9 Å². The number of sulfonamides is 1. The van der Waals surface area contributed by atoms with E-state index >= 15 is 0 Å². The van der Waals surface area contributed by atoms with Gasteiger partial charge in [-0.05, 0) is 61.4 Å². The summed E-state index contributed by atoms with van der Waals surface area (Å²) in [5.74, 6) is -1.28. The summed E-state index contributed by atoms with van der Waals surface area (Å²) in [6.45, 7) is 2.84.